The summed E-state index contributed by atoms with van der Waals surface area (Å²) in [4.78, 5) is 23.2. The van der Waals surface area contributed by atoms with Gasteiger partial charge < -0.3 is 10.4 Å². The Morgan fingerprint density at radius 3 is 2.48 bits per heavy atom. The van der Waals surface area contributed by atoms with Gasteiger partial charge in [-0.15, -0.1) is 0 Å². The minimum atomic E-state index is -1.09. The summed E-state index contributed by atoms with van der Waals surface area (Å²) in [6, 6.07) is 5.87. The molecule has 21 heavy (non-hydrogen) atoms. The first-order valence-electron chi connectivity index (χ1n) is 7.20. The molecule has 116 valence electrons. The smallest absolute Gasteiger partial charge is 0.323 e. The fourth-order valence-electron chi connectivity index (χ4n) is 2.01. The highest BCUT2D eigenvalue weighted by molar-refractivity contribution is 5.94. The summed E-state index contributed by atoms with van der Waals surface area (Å²) in [6.07, 6.45) is 1.23. The Hall–Kier alpha value is -1.88. The van der Waals surface area contributed by atoms with Crippen LogP contribution in [0, 0.1) is 6.92 Å². The minimum Gasteiger partial charge on any atom is -0.480 e. The minimum absolute atomic E-state index is 0.0336. The van der Waals surface area contributed by atoms with Crippen molar-refractivity contribution in [3.8, 4) is 0 Å². The first-order valence-corrected chi connectivity index (χ1v) is 7.20. The number of carbonyl (C=O) groups excluding carboxylic acids is 1. The highest BCUT2D eigenvalue weighted by atomic mass is 16.4. The van der Waals surface area contributed by atoms with Crippen LogP contribution in [0.5, 0.6) is 0 Å². The average Bonchev–Trinajstić information content (AvgIpc) is 2.46. The molecule has 0 spiro atoms. The maximum Gasteiger partial charge on any atom is 0.323 e. The SMILES string of the molecule is CCc1cccc(C)c1NC(=O)CNC(C)(CC)C(=O)O. The quantitative estimate of drug-likeness (QED) is 0.721. The molecule has 0 heterocycles. The van der Waals surface area contributed by atoms with Crippen LogP contribution in [-0.2, 0) is 16.0 Å². The molecule has 0 saturated heterocycles. The van der Waals surface area contributed by atoms with E-state index in [1.807, 2.05) is 32.0 Å². The van der Waals surface area contributed by atoms with Gasteiger partial charge in [-0.05, 0) is 37.8 Å². The van der Waals surface area contributed by atoms with Crippen molar-refractivity contribution in [2.75, 3.05) is 11.9 Å². The molecule has 5 heteroatoms. The Kier molecular flexibility index (Phi) is 5.90. The number of nitrogens with one attached hydrogen (secondary N) is 2. The summed E-state index contributed by atoms with van der Waals surface area (Å²) >= 11 is 0. The Morgan fingerprint density at radius 1 is 1.29 bits per heavy atom. The van der Waals surface area contributed by atoms with Gasteiger partial charge in [0.15, 0.2) is 0 Å². The number of aliphatic carboxylic acids is 1. The van der Waals surface area contributed by atoms with Gasteiger partial charge in [0.25, 0.3) is 0 Å². The van der Waals surface area contributed by atoms with Gasteiger partial charge in [0.1, 0.15) is 5.54 Å². The van der Waals surface area contributed by atoms with Crippen molar-refractivity contribution in [3.63, 3.8) is 0 Å². The van der Waals surface area contributed by atoms with E-state index < -0.39 is 11.5 Å². The van der Waals surface area contributed by atoms with E-state index in [1.54, 1.807) is 13.8 Å². The molecule has 5 nitrogen and oxygen atoms in total. The maximum atomic E-state index is 12.1. The molecule has 0 fully saturated rings. The molecule has 1 aromatic carbocycles. The second kappa shape index (κ2) is 7.22. The molecule has 0 bridgehead atoms. The van der Waals surface area contributed by atoms with Crippen LogP contribution in [0.1, 0.15) is 38.3 Å². The van der Waals surface area contributed by atoms with Crippen LogP contribution in [0.4, 0.5) is 5.69 Å². The van der Waals surface area contributed by atoms with Gasteiger partial charge in [-0.1, -0.05) is 32.0 Å². The molecule has 1 rings (SSSR count). The van der Waals surface area contributed by atoms with Crippen LogP contribution in [0.15, 0.2) is 18.2 Å². The number of hydrogen-bond acceptors (Lipinski definition) is 3. The molecule has 0 aliphatic heterocycles. The van der Waals surface area contributed by atoms with E-state index in [4.69, 9.17) is 5.11 Å². The fourth-order valence-corrected chi connectivity index (χ4v) is 2.01. The van der Waals surface area contributed by atoms with Gasteiger partial charge in [-0.25, -0.2) is 0 Å². The second-order valence-corrected chi connectivity index (χ2v) is 5.36. The molecule has 0 radical (unpaired) electrons. The third kappa shape index (κ3) is 4.29. The third-order valence-corrected chi connectivity index (χ3v) is 3.82. The van der Waals surface area contributed by atoms with Gasteiger partial charge in [0.2, 0.25) is 5.91 Å². The van der Waals surface area contributed by atoms with Gasteiger partial charge in [-0.3, -0.25) is 14.9 Å². The summed E-state index contributed by atoms with van der Waals surface area (Å²) in [5, 5.41) is 14.8. The molecule has 1 aromatic rings. The fraction of sp³-hybridized carbons (Fsp3) is 0.500. The van der Waals surface area contributed by atoms with Crippen LogP contribution in [0.25, 0.3) is 0 Å². The number of carboxylic acids is 1. The Morgan fingerprint density at radius 2 is 1.95 bits per heavy atom. The summed E-state index contributed by atoms with van der Waals surface area (Å²) in [6.45, 7) is 7.29. The van der Waals surface area contributed by atoms with E-state index >= 15 is 0 Å². The molecule has 0 aliphatic rings. The predicted octanol–water partition coefficient (Wildman–Crippen LogP) is 2.34. The number of para-hydroxylation sites is 1. The van der Waals surface area contributed by atoms with E-state index in [0.717, 1.165) is 23.2 Å². The lowest BCUT2D eigenvalue weighted by molar-refractivity contribution is -0.144. The normalized spacial score (nSPS) is 13.5. The van der Waals surface area contributed by atoms with Crippen molar-refractivity contribution in [1.82, 2.24) is 5.32 Å². The topological polar surface area (TPSA) is 78.4 Å². The molecule has 0 aromatic heterocycles. The Balaban J connectivity index is 2.73. The highest BCUT2D eigenvalue weighted by Crippen LogP contribution is 2.20. The van der Waals surface area contributed by atoms with Gasteiger partial charge >= 0.3 is 5.97 Å². The summed E-state index contributed by atoms with van der Waals surface area (Å²) in [5.74, 6) is -1.19. The molecule has 1 amide bonds. The molecule has 3 N–H and O–H groups in total. The Bertz CT molecular complexity index is 528. The first kappa shape index (κ1) is 17.2. The lowest BCUT2D eigenvalue weighted by Gasteiger charge is -2.24. The van der Waals surface area contributed by atoms with E-state index in [-0.39, 0.29) is 12.5 Å². The largest absolute Gasteiger partial charge is 0.480 e. The van der Waals surface area contributed by atoms with Crippen molar-refractivity contribution in [3.05, 3.63) is 29.3 Å². The lowest BCUT2D eigenvalue weighted by Crippen LogP contribution is -2.51. The monoisotopic (exact) mass is 292 g/mol. The molecular weight excluding hydrogens is 268 g/mol. The zero-order chi connectivity index (χ0) is 16.0. The van der Waals surface area contributed by atoms with Crippen LogP contribution >= 0.6 is 0 Å². The molecule has 1 unspecified atom stereocenters. The van der Waals surface area contributed by atoms with Crippen LogP contribution < -0.4 is 10.6 Å². The van der Waals surface area contributed by atoms with Crippen LogP contribution in [0.2, 0.25) is 0 Å². The number of benzene rings is 1. The molecule has 0 saturated carbocycles. The first-order chi connectivity index (χ1) is 9.84. The van der Waals surface area contributed by atoms with Crippen molar-refractivity contribution >= 4 is 17.6 Å². The number of amides is 1. The van der Waals surface area contributed by atoms with Gasteiger partial charge in [-0.2, -0.15) is 0 Å². The van der Waals surface area contributed by atoms with Crippen molar-refractivity contribution in [2.24, 2.45) is 0 Å². The van der Waals surface area contributed by atoms with Crippen LogP contribution in [-0.4, -0.2) is 29.1 Å². The standard InChI is InChI=1S/C16H24N2O3/c1-5-12-9-7-8-11(3)14(12)18-13(19)10-17-16(4,6-2)15(20)21/h7-9,17H,5-6,10H2,1-4H3,(H,18,19)(H,20,21). The number of anilines is 1. The summed E-state index contributed by atoms with van der Waals surface area (Å²) in [7, 11) is 0. The number of rotatable bonds is 7. The molecular formula is C16H24N2O3. The number of aryl methyl sites for hydroxylation is 2. The van der Waals surface area contributed by atoms with Crippen molar-refractivity contribution < 1.29 is 14.7 Å². The lowest BCUT2D eigenvalue weighted by atomic mass is 9.99. The van der Waals surface area contributed by atoms with Crippen molar-refractivity contribution in [1.29, 1.82) is 0 Å². The van der Waals surface area contributed by atoms with Crippen molar-refractivity contribution in [2.45, 2.75) is 46.1 Å². The third-order valence-electron chi connectivity index (χ3n) is 3.82. The predicted molar refractivity (Wildman–Crippen MR) is 83.5 cm³/mol. The number of carboxylic acid groups (broad SMARTS) is 1. The number of hydrogen-bond donors (Lipinski definition) is 3. The molecule has 0 aliphatic carbocycles. The molecule has 1 atom stereocenters. The van der Waals surface area contributed by atoms with E-state index in [0.29, 0.717) is 6.42 Å². The zero-order valence-electron chi connectivity index (χ0n) is 13.1. The van der Waals surface area contributed by atoms with E-state index in [2.05, 4.69) is 10.6 Å². The average molecular weight is 292 g/mol. The maximum absolute atomic E-state index is 12.1. The highest BCUT2D eigenvalue weighted by Gasteiger charge is 2.30. The number of carbonyl (C=O) groups is 2. The van der Waals surface area contributed by atoms with E-state index in [1.165, 1.54) is 0 Å². The second-order valence-electron chi connectivity index (χ2n) is 5.36. The zero-order valence-corrected chi connectivity index (χ0v) is 13.1. The Labute approximate surface area is 125 Å². The van der Waals surface area contributed by atoms with Gasteiger partial charge in [0, 0.05) is 5.69 Å². The van der Waals surface area contributed by atoms with Gasteiger partial charge in [0.05, 0.1) is 6.54 Å². The summed E-state index contributed by atoms with van der Waals surface area (Å²) in [5.41, 5.74) is 1.80. The summed E-state index contributed by atoms with van der Waals surface area (Å²) < 4.78 is 0. The van der Waals surface area contributed by atoms with E-state index in [9.17, 15) is 9.59 Å². The van der Waals surface area contributed by atoms with Crippen LogP contribution in [0.3, 0.4) is 0 Å².